The molecule has 0 aliphatic rings. The van der Waals surface area contributed by atoms with Crippen LogP contribution >= 0.6 is 0 Å². The Labute approximate surface area is 104 Å². The van der Waals surface area contributed by atoms with Crippen molar-refractivity contribution in [1.29, 1.82) is 0 Å². The predicted molar refractivity (Wildman–Crippen MR) is 61.9 cm³/mol. The molecule has 2 heterocycles. The molecule has 6 heteroatoms. The van der Waals surface area contributed by atoms with Gasteiger partial charge in [0, 0.05) is 6.07 Å². The maximum atomic E-state index is 11.6. The number of aromatic nitrogens is 1. The second-order valence-corrected chi connectivity index (χ2v) is 4.25. The Bertz CT molecular complexity index is 528. The molecule has 18 heavy (non-hydrogen) atoms. The number of rotatable bonds is 4. The summed E-state index contributed by atoms with van der Waals surface area (Å²) in [6, 6.07) is 4.88. The van der Waals surface area contributed by atoms with Crippen LogP contribution < -0.4 is 5.32 Å². The molecule has 0 aromatic carbocycles. The van der Waals surface area contributed by atoms with Gasteiger partial charge in [0.15, 0.2) is 5.69 Å². The highest BCUT2D eigenvalue weighted by atomic mass is 16.5. The average Bonchev–Trinajstić information content (AvgIpc) is 2.96. The van der Waals surface area contributed by atoms with Crippen LogP contribution in [-0.2, 0) is 5.60 Å². The summed E-state index contributed by atoms with van der Waals surface area (Å²) in [6.45, 7) is 3.37. The molecular formula is C12H14N2O4. The summed E-state index contributed by atoms with van der Waals surface area (Å²) in [6.07, 6.45) is 1.31. The van der Waals surface area contributed by atoms with Crippen LogP contribution in [0, 0.1) is 6.92 Å². The number of aliphatic hydroxyl groups is 1. The van der Waals surface area contributed by atoms with Crippen molar-refractivity contribution in [1.82, 2.24) is 10.5 Å². The lowest BCUT2D eigenvalue weighted by molar-refractivity contribution is 0.0322. The molecule has 0 aliphatic carbocycles. The topological polar surface area (TPSA) is 88.5 Å². The Morgan fingerprint density at radius 1 is 1.50 bits per heavy atom. The van der Waals surface area contributed by atoms with E-state index in [1.54, 1.807) is 26.0 Å². The number of nitrogens with one attached hydrogen (secondary N) is 1. The first-order chi connectivity index (χ1) is 8.49. The largest absolute Gasteiger partial charge is 0.463 e. The molecule has 0 aliphatic heterocycles. The lowest BCUT2D eigenvalue weighted by atomic mass is 10.0. The Balaban J connectivity index is 1.99. The molecule has 6 nitrogen and oxygen atoms in total. The molecule has 0 fully saturated rings. The number of hydrogen-bond donors (Lipinski definition) is 2. The predicted octanol–water partition coefficient (Wildman–Crippen LogP) is 1.21. The van der Waals surface area contributed by atoms with Gasteiger partial charge in [-0.15, -0.1) is 0 Å². The minimum atomic E-state index is -1.27. The Kier molecular flexibility index (Phi) is 3.20. The normalized spacial score (nSPS) is 14.2. The lowest BCUT2D eigenvalue weighted by Gasteiger charge is -2.20. The highest BCUT2D eigenvalue weighted by molar-refractivity contribution is 5.91. The molecule has 2 aromatic rings. The molecule has 0 radical (unpaired) electrons. The number of carbonyl (C=O) groups is 1. The summed E-state index contributed by atoms with van der Waals surface area (Å²) in [7, 11) is 0. The highest BCUT2D eigenvalue weighted by Gasteiger charge is 2.27. The molecule has 0 saturated heterocycles. The zero-order valence-corrected chi connectivity index (χ0v) is 10.1. The van der Waals surface area contributed by atoms with Gasteiger partial charge in [-0.25, -0.2) is 0 Å². The van der Waals surface area contributed by atoms with Gasteiger partial charge in [0.25, 0.3) is 5.91 Å². The molecule has 0 bridgehead atoms. The summed E-state index contributed by atoms with van der Waals surface area (Å²) in [4.78, 5) is 11.6. The zero-order chi connectivity index (χ0) is 13.2. The molecule has 2 rings (SSSR count). The first kappa shape index (κ1) is 12.4. The minimum absolute atomic E-state index is 0.0195. The number of nitrogens with zero attached hydrogens (tertiary/aromatic N) is 1. The first-order valence-corrected chi connectivity index (χ1v) is 5.47. The van der Waals surface area contributed by atoms with Crippen molar-refractivity contribution in [2.24, 2.45) is 0 Å². The smallest absolute Gasteiger partial charge is 0.273 e. The Morgan fingerprint density at radius 2 is 2.28 bits per heavy atom. The van der Waals surface area contributed by atoms with E-state index < -0.39 is 11.5 Å². The molecule has 96 valence electrons. The van der Waals surface area contributed by atoms with Crippen LogP contribution in [0.25, 0.3) is 0 Å². The van der Waals surface area contributed by atoms with Gasteiger partial charge in [-0.3, -0.25) is 4.79 Å². The van der Waals surface area contributed by atoms with Crippen molar-refractivity contribution in [2.75, 3.05) is 6.54 Å². The van der Waals surface area contributed by atoms with E-state index in [0.717, 1.165) is 0 Å². The van der Waals surface area contributed by atoms with Crippen molar-refractivity contribution in [3.8, 4) is 0 Å². The van der Waals surface area contributed by atoms with Gasteiger partial charge >= 0.3 is 0 Å². The van der Waals surface area contributed by atoms with Crippen molar-refractivity contribution in [2.45, 2.75) is 19.4 Å². The number of aryl methyl sites for hydroxylation is 1. The van der Waals surface area contributed by atoms with Gasteiger partial charge in [-0.1, -0.05) is 5.16 Å². The summed E-state index contributed by atoms with van der Waals surface area (Å²) < 4.78 is 9.90. The maximum absolute atomic E-state index is 11.6. The molecule has 1 atom stereocenters. The minimum Gasteiger partial charge on any atom is -0.463 e. The Hall–Kier alpha value is -2.08. The van der Waals surface area contributed by atoms with Crippen LogP contribution in [0.15, 0.2) is 33.4 Å². The fourth-order valence-corrected chi connectivity index (χ4v) is 1.48. The Morgan fingerprint density at radius 3 is 2.83 bits per heavy atom. The van der Waals surface area contributed by atoms with Gasteiger partial charge in [0.2, 0.25) is 0 Å². The molecule has 0 saturated carbocycles. The van der Waals surface area contributed by atoms with E-state index in [1.807, 2.05) is 0 Å². The summed E-state index contributed by atoms with van der Waals surface area (Å²) in [5.41, 5.74) is -1.10. The van der Waals surface area contributed by atoms with Crippen molar-refractivity contribution < 1.29 is 18.8 Å². The highest BCUT2D eigenvalue weighted by Crippen LogP contribution is 2.21. The van der Waals surface area contributed by atoms with E-state index in [-0.39, 0.29) is 12.2 Å². The first-order valence-electron chi connectivity index (χ1n) is 5.47. The number of amides is 1. The quantitative estimate of drug-likeness (QED) is 0.851. The van der Waals surface area contributed by atoms with Crippen LogP contribution in [0.3, 0.4) is 0 Å². The summed E-state index contributed by atoms with van der Waals surface area (Å²) >= 11 is 0. The maximum Gasteiger partial charge on any atom is 0.273 e. The fraction of sp³-hybridized carbons (Fsp3) is 0.333. The monoisotopic (exact) mass is 250 g/mol. The van der Waals surface area contributed by atoms with E-state index in [1.165, 1.54) is 12.3 Å². The van der Waals surface area contributed by atoms with Crippen LogP contribution in [0.2, 0.25) is 0 Å². The SMILES string of the molecule is Cc1ccc(C(C)(O)CNC(=O)c2ccon2)o1. The van der Waals surface area contributed by atoms with Gasteiger partial charge in [0.1, 0.15) is 23.4 Å². The third-order valence-corrected chi connectivity index (χ3v) is 2.53. The molecule has 0 spiro atoms. The fourth-order valence-electron chi connectivity index (χ4n) is 1.48. The second-order valence-electron chi connectivity index (χ2n) is 4.25. The standard InChI is InChI=1S/C12H14N2O4/c1-8-3-4-10(18-8)12(2,16)7-13-11(15)9-5-6-17-14-9/h3-6,16H,7H2,1-2H3,(H,13,15). The third kappa shape index (κ3) is 2.60. The van der Waals surface area contributed by atoms with E-state index in [4.69, 9.17) is 4.42 Å². The summed E-state index contributed by atoms with van der Waals surface area (Å²) in [5, 5.41) is 16.3. The summed E-state index contributed by atoms with van der Waals surface area (Å²) in [5.74, 6) is 0.695. The van der Waals surface area contributed by atoms with Gasteiger partial charge in [-0.2, -0.15) is 0 Å². The van der Waals surface area contributed by atoms with E-state index in [9.17, 15) is 9.90 Å². The van der Waals surface area contributed by atoms with Gasteiger partial charge < -0.3 is 19.4 Å². The molecular weight excluding hydrogens is 236 g/mol. The third-order valence-electron chi connectivity index (χ3n) is 2.53. The number of hydrogen-bond acceptors (Lipinski definition) is 5. The van der Waals surface area contributed by atoms with E-state index in [2.05, 4.69) is 15.0 Å². The van der Waals surface area contributed by atoms with Gasteiger partial charge in [-0.05, 0) is 26.0 Å². The molecule has 1 amide bonds. The van der Waals surface area contributed by atoms with Crippen molar-refractivity contribution >= 4 is 5.91 Å². The average molecular weight is 250 g/mol. The van der Waals surface area contributed by atoms with Crippen LogP contribution in [0.1, 0.15) is 28.9 Å². The van der Waals surface area contributed by atoms with E-state index in [0.29, 0.717) is 11.5 Å². The molecule has 1 unspecified atom stereocenters. The number of furan rings is 1. The lowest BCUT2D eigenvalue weighted by Crippen LogP contribution is -2.38. The van der Waals surface area contributed by atoms with Crippen LogP contribution in [0.5, 0.6) is 0 Å². The number of carbonyl (C=O) groups excluding carboxylic acids is 1. The van der Waals surface area contributed by atoms with E-state index >= 15 is 0 Å². The van der Waals surface area contributed by atoms with Crippen molar-refractivity contribution in [3.05, 3.63) is 41.7 Å². The zero-order valence-electron chi connectivity index (χ0n) is 10.1. The van der Waals surface area contributed by atoms with Crippen LogP contribution in [-0.4, -0.2) is 22.7 Å². The van der Waals surface area contributed by atoms with Gasteiger partial charge in [0.05, 0.1) is 6.54 Å². The van der Waals surface area contributed by atoms with Crippen LogP contribution in [0.4, 0.5) is 0 Å². The van der Waals surface area contributed by atoms with Crippen molar-refractivity contribution in [3.63, 3.8) is 0 Å². The molecule has 2 N–H and O–H groups in total. The second kappa shape index (κ2) is 4.66. The molecule has 2 aromatic heterocycles.